The van der Waals surface area contributed by atoms with E-state index in [2.05, 4.69) is 15.6 Å². The number of nitrogens with two attached hydrogens (primary N) is 1. The van der Waals surface area contributed by atoms with Gasteiger partial charge in [-0.2, -0.15) is 0 Å². The van der Waals surface area contributed by atoms with E-state index in [1.54, 1.807) is 17.0 Å². The molecule has 1 heterocycles. The van der Waals surface area contributed by atoms with Crippen molar-refractivity contribution in [3.8, 4) is 0 Å². The van der Waals surface area contributed by atoms with Gasteiger partial charge in [0.1, 0.15) is 0 Å². The molecule has 0 atom stereocenters. The standard InChI is InChI=1S/C10H15N5O2/c11-12-9-4-3-8(13-14-9)10(17)15(5-6-16)7-1-2-7/h3-4,7,16H,1-2,5-6,11H2,(H,12,14). The van der Waals surface area contributed by atoms with Crippen LogP contribution in [0.25, 0.3) is 0 Å². The summed E-state index contributed by atoms with van der Waals surface area (Å²) in [7, 11) is 0. The highest BCUT2D eigenvalue weighted by Crippen LogP contribution is 2.27. The van der Waals surface area contributed by atoms with Crippen molar-refractivity contribution in [2.24, 2.45) is 5.84 Å². The first-order valence-corrected chi connectivity index (χ1v) is 5.48. The second kappa shape index (κ2) is 5.07. The van der Waals surface area contributed by atoms with Crippen LogP contribution in [0.5, 0.6) is 0 Å². The summed E-state index contributed by atoms with van der Waals surface area (Å²) < 4.78 is 0. The van der Waals surface area contributed by atoms with Gasteiger partial charge in [0.15, 0.2) is 11.5 Å². The van der Waals surface area contributed by atoms with Gasteiger partial charge in [-0.1, -0.05) is 0 Å². The maximum absolute atomic E-state index is 12.1. The summed E-state index contributed by atoms with van der Waals surface area (Å²) in [6, 6.07) is 3.39. The Bertz CT molecular complexity index is 390. The normalized spacial score (nSPS) is 14.5. The van der Waals surface area contributed by atoms with Gasteiger partial charge in [-0.3, -0.25) is 4.79 Å². The fraction of sp³-hybridized carbons (Fsp3) is 0.500. The Hall–Kier alpha value is -1.73. The van der Waals surface area contributed by atoms with Crippen LogP contribution in [0.3, 0.4) is 0 Å². The number of nitrogens with one attached hydrogen (secondary N) is 1. The van der Waals surface area contributed by atoms with E-state index in [-0.39, 0.29) is 24.2 Å². The van der Waals surface area contributed by atoms with Crippen molar-refractivity contribution in [2.45, 2.75) is 18.9 Å². The molecule has 1 aliphatic rings. The van der Waals surface area contributed by atoms with Gasteiger partial charge >= 0.3 is 0 Å². The molecule has 2 rings (SSSR count). The minimum absolute atomic E-state index is 0.0435. The average Bonchev–Trinajstić information content (AvgIpc) is 3.19. The molecule has 4 N–H and O–H groups in total. The number of hydrogen-bond donors (Lipinski definition) is 3. The second-order valence-electron chi connectivity index (χ2n) is 3.90. The number of amides is 1. The number of aliphatic hydroxyl groups is 1. The fourth-order valence-corrected chi connectivity index (χ4v) is 1.61. The lowest BCUT2D eigenvalue weighted by atomic mass is 10.3. The molecule has 1 aromatic rings. The zero-order chi connectivity index (χ0) is 12.3. The third kappa shape index (κ3) is 2.69. The number of hydrazine groups is 1. The first-order valence-electron chi connectivity index (χ1n) is 5.48. The number of nitrogens with zero attached hydrogens (tertiary/aromatic N) is 3. The molecule has 0 spiro atoms. The topological polar surface area (TPSA) is 104 Å². The lowest BCUT2D eigenvalue weighted by Gasteiger charge is -2.20. The first-order chi connectivity index (χ1) is 8.26. The summed E-state index contributed by atoms with van der Waals surface area (Å²) in [6.07, 6.45) is 1.98. The van der Waals surface area contributed by atoms with Gasteiger partial charge in [0, 0.05) is 12.6 Å². The van der Waals surface area contributed by atoms with E-state index in [1.165, 1.54) is 0 Å². The van der Waals surface area contributed by atoms with Crippen molar-refractivity contribution in [1.82, 2.24) is 15.1 Å². The van der Waals surface area contributed by atoms with E-state index >= 15 is 0 Å². The highest BCUT2D eigenvalue weighted by Gasteiger charge is 2.33. The van der Waals surface area contributed by atoms with Gasteiger partial charge in [0.2, 0.25) is 0 Å². The number of hydrogen-bond acceptors (Lipinski definition) is 6. The molecule has 7 nitrogen and oxygen atoms in total. The Labute approximate surface area is 98.6 Å². The van der Waals surface area contributed by atoms with Gasteiger partial charge in [-0.05, 0) is 25.0 Å². The quantitative estimate of drug-likeness (QED) is 0.465. The molecule has 0 aliphatic heterocycles. The monoisotopic (exact) mass is 237 g/mol. The molecule has 1 aromatic heterocycles. The van der Waals surface area contributed by atoms with E-state index in [0.717, 1.165) is 12.8 Å². The predicted molar refractivity (Wildman–Crippen MR) is 61.0 cm³/mol. The van der Waals surface area contributed by atoms with Gasteiger partial charge < -0.3 is 15.4 Å². The van der Waals surface area contributed by atoms with Crippen molar-refractivity contribution in [3.05, 3.63) is 17.8 Å². The molecular weight excluding hydrogens is 222 g/mol. The van der Waals surface area contributed by atoms with Crippen molar-refractivity contribution in [2.75, 3.05) is 18.6 Å². The van der Waals surface area contributed by atoms with Crippen molar-refractivity contribution < 1.29 is 9.90 Å². The Kier molecular flexibility index (Phi) is 3.50. The lowest BCUT2D eigenvalue weighted by Crippen LogP contribution is -2.36. The van der Waals surface area contributed by atoms with Crippen LogP contribution in [0.15, 0.2) is 12.1 Å². The minimum Gasteiger partial charge on any atom is -0.395 e. The van der Waals surface area contributed by atoms with E-state index in [0.29, 0.717) is 12.4 Å². The minimum atomic E-state index is -0.197. The van der Waals surface area contributed by atoms with E-state index in [1.807, 2.05) is 0 Å². The number of anilines is 1. The number of aliphatic hydroxyl groups excluding tert-OH is 1. The summed E-state index contributed by atoms with van der Waals surface area (Å²) in [5, 5.41) is 16.5. The van der Waals surface area contributed by atoms with Crippen molar-refractivity contribution >= 4 is 11.7 Å². The maximum Gasteiger partial charge on any atom is 0.274 e. The zero-order valence-corrected chi connectivity index (χ0v) is 9.33. The van der Waals surface area contributed by atoms with Crippen LogP contribution in [-0.4, -0.2) is 45.3 Å². The summed E-state index contributed by atoms with van der Waals surface area (Å²) in [6.45, 7) is 0.292. The Balaban J connectivity index is 2.10. The van der Waals surface area contributed by atoms with Crippen LogP contribution in [0.2, 0.25) is 0 Å². The Morgan fingerprint density at radius 2 is 2.29 bits per heavy atom. The Morgan fingerprint density at radius 1 is 1.53 bits per heavy atom. The van der Waals surface area contributed by atoms with Gasteiger partial charge in [0.05, 0.1) is 6.61 Å². The SMILES string of the molecule is NNc1ccc(C(=O)N(CCO)C2CC2)nn1. The molecule has 1 fully saturated rings. The predicted octanol–water partition coefficient (Wildman–Crippen LogP) is -0.641. The fourth-order valence-electron chi connectivity index (χ4n) is 1.61. The molecule has 92 valence electrons. The number of nitrogen functional groups attached to an aromatic ring is 1. The number of rotatable bonds is 5. The molecule has 1 aliphatic carbocycles. The third-order valence-corrected chi connectivity index (χ3v) is 2.62. The van der Waals surface area contributed by atoms with Crippen LogP contribution in [0.1, 0.15) is 23.3 Å². The first kappa shape index (κ1) is 11.7. The molecule has 0 unspecified atom stereocenters. The maximum atomic E-state index is 12.1. The van der Waals surface area contributed by atoms with Gasteiger partial charge in [0.25, 0.3) is 5.91 Å². The van der Waals surface area contributed by atoms with Crippen LogP contribution < -0.4 is 11.3 Å². The summed E-state index contributed by atoms with van der Waals surface area (Å²) >= 11 is 0. The summed E-state index contributed by atoms with van der Waals surface area (Å²) in [5.41, 5.74) is 2.61. The molecule has 1 amide bonds. The number of aromatic nitrogens is 2. The summed E-state index contributed by atoms with van der Waals surface area (Å²) in [4.78, 5) is 13.7. The molecule has 7 heteroatoms. The lowest BCUT2D eigenvalue weighted by molar-refractivity contribution is 0.0700. The highest BCUT2D eigenvalue weighted by atomic mass is 16.3. The number of carbonyl (C=O) groups is 1. The second-order valence-corrected chi connectivity index (χ2v) is 3.90. The molecule has 0 aromatic carbocycles. The Morgan fingerprint density at radius 3 is 2.76 bits per heavy atom. The largest absolute Gasteiger partial charge is 0.395 e. The molecule has 0 radical (unpaired) electrons. The van der Waals surface area contributed by atoms with E-state index in [9.17, 15) is 4.79 Å². The van der Waals surface area contributed by atoms with Crippen LogP contribution in [0, 0.1) is 0 Å². The smallest absolute Gasteiger partial charge is 0.274 e. The van der Waals surface area contributed by atoms with Gasteiger partial charge in [-0.15, -0.1) is 10.2 Å². The van der Waals surface area contributed by atoms with Crippen LogP contribution in [-0.2, 0) is 0 Å². The zero-order valence-electron chi connectivity index (χ0n) is 9.33. The van der Waals surface area contributed by atoms with E-state index in [4.69, 9.17) is 10.9 Å². The average molecular weight is 237 g/mol. The molecule has 1 saturated carbocycles. The van der Waals surface area contributed by atoms with Crippen LogP contribution in [0.4, 0.5) is 5.82 Å². The van der Waals surface area contributed by atoms with Gasteiger partial charge in [-0.25, -0.2) is 5.84 Å². The van der Waals surface area contributed by atoms with Crippen molar-refractivity contribution in [1.29, 1.82) is 0 Å². The molecular formula is C10H15N5O2. The van der Waals surface area contributed by atoms with E-state index < -0.39 is 0 Å². The van der Waals surface area contributed by atoms with Crippen molar-refractivity contribution in [3.63, 3.8) is 0 Å². The number of carbonyl (C=O) groups excluding carboxylic acids is 1. The summed E-state index contributed by atoms with van der Waals surface area (Å²) in [5.74, 6) is 5.37. The molecule has 0 bridgehead atoms. The molecule has 0 saturated heterocycles. The molecule has 17 heavy (non-hydrogen) atoms. The third-order valence-electron chi connectivity index (χ3n) is 2.62. The highest BCUT2D eigenvalue weighted by molar-refractivity contribution is 5.92. The van der Waals surface area contributed by atoms with Crippen LogP contribution >= 0.6 is 0 Å².